The Bertz CT molecular complexity index is 139. The van der Waals surface area contributed by atoms with Crippen molar-refractivity contribution >= 4 is 0 Å². The second kappa shape index (κ2) is 7.08. The van der Waals surface area contributed by atoms with Gasteiger partial charge in [-0.2, -0.15) is 5.26 Å². The van der Waals surface area contributed by atoms with Crippen LogP contribution in [0.5, 0.6) is 0 Å². The molecule has 1 unspecified atom stereocenters. The SMILES string of the molecule is CCN(C)CCNC(C)CC#N. The van der Waals surface area contributed by atoms with Crippen molar-refractivity contribution in [3.05, 3.63) is 0 Å². The summed E-state index contributed by atoms with van der Waals surface area (Å²) in [4.78, 5) is 2.24. The number of hydrogen-bond donors (Lipinski definition) is 1. The Kier molecular flexibility index (Phi) is 6.73. The van der Waals surface area contributed by atoms with E-state index >= 15 is 0 Å². The number of likely N-dealkylation sites (N-methyl/N-ethyl adjacent to an activating group) is 1. The molecule has 3 nitrogen and oxygen atoms in total. The van der Waals surface area contributed by atoms with Crippen molar-refractivity contribution in [2.75, 3.05) is 26.7 Å². The molecular formula is C9H19N3. The summed E-state index contributed by atoms with van der Waals surface area (Å²) < 4.78 is 0. The third kappa shape index (κ3) is 6.14. The van der Waals surface area contributed by atoms with Crippen LogP contribution in [-0.2, 0) is 0 Å². The van der Waals surface area contributed by atoms with E-state index in [0.29, 0.717) is 12.5 Å². The Morgan fingerprint density at radius 1 is 1.58 bits per heavy atom. The lowest BCUT2D eigenvalue weighted by atomic mass is 10.2. The van der Waals surface area contributed by atoms with Gasteiger partial charge < -0.3 is 10.2 Å². The van der Waals surface area contributed by atoms with Crippen molar-refractivity contribution < 1.29 is 0 Å². The van der Waals surface area contributed by atoms with Crippen LogP contribution in [0.3, 0.4) is 0 Å². The maximum absolute atomic E-state index is 8.39. The Labute approximate surface area is 75.4 Å². The highest BCUT2D eigenvalue weighted by Gasteiger charge is 1.99. The maximum atomic E-state index is 8.39. The van der Waals surface area contributed by atoms with Crippen LogP contribution in [0.15, 0.2) is 0 Å². The molecule has 0 aliphatic heterocycles. The summed E-state index contributed by atoms with van der Waals surface area (Å²) in [5.41, 5.74) is 0. The molecular weight excluding hydrogens is 150 g/mol. The van der Waals surface area contributed by atoms with Crippen molar-refractivity contribution in [1.29, 1.82) is 5.26 Å². The van der Waals surface area contributed by atoms with Crippen LogP contribution >= 0.6 is 0 Å². The molecule has 0 spiro atoms. The fourth-order valence-electron chi connectivity index (χ4n) is 0.869. The molecule has 0 aromatic carbocycles. The molecule has 0 fully saturated rings. The molecule has 1 N–H and O–H groups in total. The van der Waals surface area contributed by atoms with E-state index in [9.17, 15) is 0 Å². The molecule has 0 saturated carbocycles. The molecule has 1 atom stereocenters. The van der Waals surface area contributed by atoms with Gasteiger partial charge in [0, 0.05) is 19.1 Å². The van der Waals surface area contributed by atoms with E-state index in [-0.39, 0.29) is 0 Å². The van der Waals surface area contributed by atoms with Crippen LogP contribution in [-0.4, -0.2) is 37.6 Å². The lowest BCUT2D eigenvalue weighted by molar-refractivity contribution is 0.342. The van der Waals surface area contributed by atoms with Crippen molar-refractivity contribution in [1.82, 2.24) is 10.2 Å². The maximum Gasteiger partial charge on any atom is 0.0638 e. The van der Waals surface area contributed by atoms with E-state index in [2.05, 4.69) is 30.3 Å². The molecule has 0 aromatic heterocycles. The number of rotatable bonds is 6. The van der Waals surface area contributed by atoms with Gasteiger partial charge in [-0.3, -0.25) is 0 Å². The molecule has 70 valence electrons. The highest BCUT2D eigenvalue weighted by molar-refractivity contribution is 4.77. The Hall–Kier alpha value is -0.590. The second-order valence-electron chi connectivity index (χ2n) is 3.11. The number of nitriles is 1. The van der Waals surface area contributed by atoms with Gasteiger partial charge in [0.05, 0.1) is 12.5 Å². The first-order chi connectivity index (χ1) is 5.70. The van der Waals surface area contributed by atoms with Gasteiger partial charge in [0.25, 0.3) is 0 Å². The zero-order valence-electron chi connectivity index (χ0n) is 8.30. The van der Waals surface area contributed by atoms with E-state index in [4.69, 9.17) is 5.26 Å². The Morgan fingerprint density at radius 2 is 2.25 bits per heavy atom. The van der Waals surface area contributed by atoms with Crippen molar-refractivity contribution in [3.63, 3.8) is 0 Å². The highest BCUT2D eigenvalue weighted by atomic mass is 15.1. The van der Waals surface area contributed by atoms with E-state index < -0.39 is 0 Å². The third-order valence-corrected chi connectivity index (χ3v) is 1.92. The molecule has 0 heterocycles. The van der Waals surface area contributed by atoms with Crippen LogP contribution in [0.25, 0.3) is 0 Å². The average molecular weight is 169 g/mol. The number of hydrogen-bond acceptors (Lipinski definition) is 3. The van der Waals surface area contributed by atoms with E-state index in [1.807, 2.05) is 6.92 Å². The van der Waals surface area contributed by atoms with Gasteiger partial charge >= 0.3 is 0 Å². The summed E-state index contributed by atoms with van der Waals surface area (Å²) in [6, 6.07) is 2.46. The summed E-state index contributed by atoms with van der Waals surface area (Å²) in [5.74, 6) is 0. The van der Waals surface area contributed by atoms with E-state index in [1.54, 1.807) is 0 Å². The van der Waals surface area contributed by atoms with Gasteiger partial charge in [-0.25, -0.2) is 0 Å². The fraction of sp³-hybridized carbons (Fsp3) is 0.889. The normalized spacial score (nSPS) is 12.9. The first-order valence-corrected chi connectivity index (χ1v) is 4.49. The minimum absolute atomic E-state index is 0.320. The lowest BCUT2D eigenvalue weighted by Gasteiger charge is -2.16. The van der Waals surface area contributed by atoms with Crippen molar-refractivity contribution in [2.45, 2.75) is 26.3 Å². The molecule has 0 radical (unpaired) electrons. The number of nitrogens with one attached hydrogen (secondary N) is 1. The third-order valence-electron chi connectivity index (χ3n) is 1.92. The fourth-order valence-corrected chi connectivity index (χ4v) is 0.869. The van der Waals surface area contributed by atoms with Crippen LogP contribution in [0, 0.1) is 11.3 Å². The second-order valence-corrected chi connectivity index (χ2v) is 3.11. The van der Waals surface area contributed by atoms with Crippen molar-refractivity contribution in [2.24, 2.45) is 0 Å². The molecule has 0 aliphatic rings. The average Bonchev–Trinajstić information content (AvgIpc) is 2.04. The van der Waals surface area contributed by atoms with Gasteiger partial charge in [0.1, 0.15) is 0 Å². The number of nitrogens with zero attached hydrogens (tertiary/aromatic N) is 2. The van der Waals surface area contributed by atoms with Crippen molar-refractivity contribution in [3.8, 4) is 6.07 Å². The lowest BCUT2D eigenvalue weighted by Crippen LogP contribution is -2.34. The predicted octanol–water partition coefficient (Wildman–Crippen LogP) is 0.830. The smallest absolute Gasteiger partial charge is 0.0638 e. The van der Waals surface area contributed by atoms with Gasteiger partial charge in [-0.1, -0.05) is 6.92 Å². The zero-order chi connectivity index (χ0) is 9.40. The van der Waals surface area contributed by atoms with Gasteiger partial charge in [0.2, 0.25) is 0 Å². The minimum atomic E-state index is 0.320. The predicted molar refractivity (Wildman–Crippen MR) is 50.9 cm³/mol. The standard InChI is InChI=1S/C9H19N3/c1-4-12(3)8-7-11-9(2)5-6-10/h9,11H,4-5,7-8H2,1-3H3. The topological polar surface area (TPSA) is 39.1 Å². The molecule has 3 heteroatoms. The summed E-state index contributed by atoms with van der Waals surface area (Å²) in [5, 5.41) is 11.7. The molecule has 0 amide bonds. The molecule has 0 saturated heterocycles. The first-order valence-electron chi connectivity index (χ1n) is 4.49. The zero-order valence-corrected chi connectivity index (χ0v) is 8.30. The van der Waals surface area contributed by atoms with Crippen LogP contribution < -0.4 is 5.32 Å². The first kappa shape index (κ1) is 11.4. The Balaban J connectivity index is 3.25. The van der Waals surface area contributed by atoms with Gasteiger partial charge in [-0.05, 0) is 20.5 Å². The molecule has 0 aromatic rings. The Morgan fingerprint density at radius 3 is 2.75 bits per heavy atom. The highest BCUT2D eigenvalue weighted by Crippen LogP contribution is 1.87. The molecule has 12 heavy (non-hydrogen) atoms. The van der Waals surface area contributed by atoms with Crippen LogP contribution in [0.1, 0.15) is 20.3 Å². The largest absolute Gasteiger partial charge is 0.312 e. The summed E-state index contributed by atoms with van der Waals surface area (Å²) in [7, 11) is 2.09. The summed E-state index contributed by atoms with van der Waals surface area (Å²) >= 11 is 0. The van der Waals surface area contributed by atoms with Crippen LogP contribution in [0.4, 0.5) is 0 Å². The summed E-state index contributed by atoms with van der Waals surface area (Å²) in [6.45, 7) is 7.27. The quantitative estimate of drug-likeness (QED) is 0.640. The van der Waals surface area contributed by atoms with E-state index in [1.165, 1.54) is 0 Å². The monoisotopic (exact) mass is 169 g/mol. The van der Waals surface area contributed by atoms with Gasteiger partial charge in [-0.15, -0.1) is 0 Å². The molecule has 0 aliphatic carbocycles. The van der Waals surface area contributed by atoms with E-state index in [0.717, 1.165) is 19.6 Å². The van der Waals surface area contributed by atoms with Gasteiger partial charge in [0.15, 0.2) is 0 Å². The molecule has 0 rings (SSSR count). The summed E-state index contributed by atoms with van der Waals surface area (Å²) in [6.07, 6.45) is 0.593. The van der Waals surface area contributed by atoms with Crippen LogP contribution in [0.2, 0.25) is 0 Å². The molecule has 0 bridgehead atoms. The minimum Gasteiger partial charge on any atom is -0.312 e.